The number of nitrogens with one attached hydrogen (secondary N) is 1. The molecule has 0 saturated carbocycles. The van der Waals surface area contributed by atoms with E-state index in [-0.39, 0.29) is 57.2 Å². The number of amides is 1. The quantitative estimate of drug-likeness (QED) is 0.110. The monoisotopic (exact) mass is 703 g/mol. The zero-order valence-electron chi connectivity index (χ0n) is 27.8. The number of hydrogen-bond acceptors (Lipinski definition) is 9. The van der Waals surface area contributed by atoms with Crippen molar-refractivity contribution in [2.75, 3.05) is 35.5 Å². The summed E-state index contributed by atoms with van der Waals surface area (Å²) in [7, 11) is 6.35. The Morgan fingerprint density at radius 2 is 1.17 bits per heavy atom. The number of carbonyl (C=O) groups is 3. The van der Waals surface area contributed by atoms with Gasteiger partial charge in [-0.3, -0.25) is 0 Å². The van der Waals surface area contributed by atoms with Gasteiger partial charge in [0, 0.05) is 17.4 Å². The molecule has 1 amide bonds. The molecule has 0 aliphatic rings. The van der Waals surface area contributed by atoms with Crippen LogP contribution in [0, 0.1) is 25.9 Å². The van der Waals surface area contributed by atoms with E-state index >= 15 is 0 Å². The maximum Gasteiger partial charge on any atom is 0 e. The van der Waals surface area contributed by atoms with Gasteiger partial charge in [0.1, 0.15) is 28.7 Å². The molecule has 0 aliphatic carbocycles. The van der Waals surface area contributed by atoms with Crippen molar-refractivity contribution < 1.29 is 74.1 Å². The first kappa shape index (κ1) is 45.4. The number of fused-ring (bicyclic) bond motifs is 1. The normalized spacial score (nSPS) is 10.6. The zero-order chi connectivity index (χ0) is 36.3. The summed E-state index contributed by atoms with van der Waals surface area (Å²) in [6, 6.07) is 13.4. The first-order valence-corrected chi connectivity index (χ1v) is 13.7. The maximum atomic E-state index is 13.4. The molecule has 1 N–H and O–H groups in total. The van der Waals surface area contributed by atoms with Gasteiger partial charge in [-0.05, 0) is 35.6 Å². The third-order valence-corrected chi connectivity index (χ3v) is 6.67. The fourth-order valence-electron chi connectivity index (χ4n) is 4.90. The van der Waals surface area contributed by atoms with Gasteiger partial charge < -0.3 is 33.7 Å². The Kier molecular flexibility index (Phi) is 22.3. The van der Waals surface area contributed by atoms with Crippen LogP contribution in [0.25, 0.3) is 10.8 Å². The minimum atomic E-state index is -1.00. The molecular weight excluding hydrogens is 666 g/mol. The molecule has 3 aromatic rings. The van der Waals surface area contributed by atoms with Crippen LogP contribution in [0.15, 0.2) is 42.5 Å². The Morgan fingerprint density at radius 3 is 1.60 bits per heavy atom. The molecule has 0 heterocycles. The molecule has 0 saturated heterocycles. The number of alkyl carbamates (subject to hydrolysis) is 1. The number of esters is 2. The summed E-state index contributed by atoms with van der Waals surface area (Å²) in [5.41, 5.74) is 0.741. The molecular formula is C34H37CrNO12. The minimum Gasteiger partial charge on any atom is 0 e. The van der Waals surface area contributed by atoms with Crippen molar-refractivity contribution in [1.82, 2.24) is 5.32 Å². The number of rotatable bonds is 11. The van der Waals surface area contributed by atoms with Gasteiger partial charge in [-0.25, -0.2) is 14.4 Å². The van der Waals surface area contributed by atoms with E-state index in [0.29, 0.717) is 6.42 Å². The second-order valence-electron chi connectivity index (χ2n) is 9.70. The number of methoxy groups -OCH3 is 5. The van der Waals surface area contributed by atoms with E-state index in [9.17, 15) is 14.4 Å². The van der Waals surface area contributed by atoms with Crippen molar-refractivity contribution in [1.29, 1.82) is 0 Å². The summed E-state index contributed by atoms with van der Waals surface area (Å²) in [4.78, 5) is 39.3. The molecule has 256 valence electrons. The smallest absolute Gasteiger partial charge is 0 e. The molecule has 0 bridgehead atoms. The van der Waals surface area contributed by atoms with Crippen molar-refractivity contribution in [3.05, 3.63) is 84.7 Å². The van der Waals surface area contributed by atoms with Crippen LogP contribution in [0.2, 0.25) is 0 Å². The van der Waals surface area contributed by atoms with Gasteiger partial charge in [0.15, 0.2) is 5.75 Å². The zero-order valence-corrected chi connectivity index (χ0v) is 29.1. The van der Waals surface area contributed by atoms with Crippen molar-refractivity contribution in [3.63, 3.8) is 0 Å². The van der Waals surface area contributed by atoms with Gasteiger partial charge in [0.05, 0.1) is 47.2 Å². The molecule has 3 rings (SSSR count). The Labute approximate surface area is 290 Å². The van der Waals surface area contributed by atoms with E-state index < -0.39 is 30.2 Å². The average Bonchev–Trinajstić information content (AvgIpc) is 3.11. The van der Waals surface area contributed by atoms with E-state index in [1.54, 1.807) is 0 Å². The summed E-state index contributed by atoms with van der Waals surface area (Å²) in [5.74, 6) is -1.82. The van der Waals surface area contributed by atoms with Crippen molar-refractivity contribution in [2.45, 2.75) is 39.3 Å². The van der Waals surface area contributed by atoms with Crippen LogP contribution in [-0.4, -0.2) is 53.6 Å². The summed E-state index contributed by atoms with van der Waals surface area (Å²) in [6.45, 7) is 19.2. The van der Waals surface area contributed by atoms with Crippen molar-refractivity contribution >= 4 is 28.8 Å². The standard InChI is InChI=1S/C31H37NO9.3CO.Cr/c1-17(2)16-22(41-31(35)32-18(3)20-15-11-13-19-12-9-10-14-21(19)20)23-26(36-4)24(29(33)39-7)28(38-6)25(27(23)37-5)30(34)40-8;3*1-2;/h9-15,17-18,22H,16H2,1-8H3,(H,32,35);;;;/t18-,22+;;;;/m1..../s1. The third-order valence-electron chi connectivity index (χ3n) is 6.67. The molecule has 0 fully saturated rings. The predicted octanol–water partition coefficient (Wildman–Crippen LogP) is 5.90. The van der Waals surface area contributed by atoms with Crippen LogP contribution in [0.5, 0.6) is 17.2 Å². The fourth-order valence-corrected chi connectivity index (χ4v) is 4.90. The van der Waals surface area contributed by atoms with Gasteiger partial charge in [0.25, 0.3) is 0 Å². The van der Waals surface area contributed by atoms with Crippen LogP contribution < -0.4 is 19.5 Å². The third kappa shape index (κ3) is 10.9. The van der Waals surface area contributed by atoms with Gasteiger partial charge in [-0.1, -0.05) is 56.3 Å². The van der Waals surface area contributed by atoms with E-state index in [0.717, 1.165) is 16.3 Å². The summed E-state index contributed by atoms with van der Waals surface area (Å²) >= 11 is 0. The summed E-state index contributed by atoms with van der Waals surface area (Å²) in [6.07, 6.45) is -1.41. The Hall–Kier alpha value is -4.72. The van der Waals surface area contributed by atoms with Crippen LogP contribution in [0.3, 0.4) is 0 Å². The van der Waals surface area contributed by atoms with Gasteiger partial charge >= 0.3 is 51.9 Å². The fraction of sp³-hybridized carbons (Fsp3) is 0.353. The molecule has 0 aromatic heterocycles. The van der Waals surface area contributed by atoms with Gasteiger partial charge in [0.2, 0.25) is 0 Å². The average molecular weight is 704 g/mol. The Morgan fingerprint density at radius 1 is 0.708 bits per heavy atom. The molecule has 3 aromatic carbocycles. The SMILES string of the molecule is COC(=O)c1c(OC)c(C(=O)OC)c(OC)c([C@H](CC(C)C)OC(=O)N[C@H](C)c2cccc3ccccc23)c1OC.[C-]#[O+].[C-]#[O+].[C-]#[O+].[Cr]. The molecule has 13 nitrogen and oxygen atoms in total. The van der Waals surface area contributed by atoms with Gasteiger partial charge in [-0.15, -0.1) is 0 Å². The first-order valence-electron chi connectivity index (χ1n) is 13.7. The van der Waals surface area contributed by atoms with Crippen LogP contribution in [-0.2, 0) is 45.5 Å². The van der Waals surface area contributed by atoms with Gasteiger partial charge in [-0.2, -0.15) is 0 Å². The summed E-state index contributed by atoms with van der Waals surface area (Å²) < 4.78 is 55.3. The minimum absolute atomic E-state index is 0. The molecule has 2 atom stereocenters. The maximum absolute atomic E-state index is 13.4. The van der Waals surface area contributed by atoms with E-state index in [4.69, 9.17) is 42.4 Å². The van der Waals surface area contributed by atoms with E-state index in [1.165, 1.54) is 35.5 Å². The van der Waals surface area contributed by atoms with Crippen molar-refractivity contribution in [3.8, 4) is 17.2 Å². The molecule has 0 spiro atoms. The number of carbonyl (C=O) groups excluding carboxylic acids is 3. The van der Waals surface area contributed by atoms with Crippen molar-refractivity contribution in [2.24, 2.45) is 5.92 Å². The van der Waals surface area contributed by atoms with Crippen LogP contribution in [0.4, 0.5) is 4.79 Å². The second kappa shape index (κ2) is 23.6. The Bertz CT molecular complexity index is 1500. The number of benzene rings is 3. The summed E-state index contributed by atoms with van der Waals surface area (Å²) in [5, 5.41) is 4.96. The predicted molar refractivity (Wildman–Crippen MR) is 165 cm³/mol. The molecule has 0 unspecified atom stereocenters. The van der Waals surface area contributed by atoms with E-state index in [2.05, 4.69) is 25.3 Å². The Balaban J connectivity index is 0. The number of ether oxygens (including phenoxy) is 6. The second-order valence-corrected chi connectivity index (χ2v) is 9.70. The topological polar surface area (TPSA) is 178 Å². The largest absolute Gasteiger partial charge is 0 e. The molecule has 14 heteroatoms. The van der Waals surface area contributed by atoms with Crippen LogP contribution >= 0.6 is 0 Å². The number of hydrogen-bond donors (Lipinski definition) is 1. The molecule has 48 heavy (non-hydrogen) atoms. The molecule has 0 aliphatic heterocycles. The van der Waals surface area contributed by atoms with E-state index in [1.807, 2.05) is 63.2 Å². The molecule has 0 radical (unpaired) electrons. The first-order chi connectivity index (χ1) is 22.6. The van der Waals surface area contributed by atoms with Crippen LogP contribution in [0.1, 0.15) is 71.2 Å².